The molecule has 2 aromatic rings. The molecule has 0 unspecified atom stereocenters. The van der Waals surface area contributed by atoms with Crippen LogP contribution in [0, 0.1) is 0 Å². The van der Waals surface area contributed by atoms with Crippen LogP contribution in [-0.4, -0.2) is 11.8 Å². The maximum atomic E-state index is 12.7. The molecule has 1 N–H and O–H groups in total. The van der Waals surface area contributed by atoms with E-state index < -0.39 is 23.6 Å². The second kappa shape index (κ2) is 5.31. The summed E-state index contributed by atoms with van der Waals surface area (Å²) < 4.78 is 43.2. The van der Waals surface area contributed by atoms with Crippen LogP contribution in [0.2, 0.25) is 0 Å². The maximum Gasteiger partial charge on any atom is 0.416 e. The average molecular weight is 322 g/mol. The first kappa shape index (κ1) is 14.9. The molecule has 0 radical (unpaired) electrons. The fourth-order valence-electron chi connectivity index (χ4n) is 2.08. The van der Waals surface area contributed by atoms with Gasteiger partial charge in [-0.05, 0) is 36.4 Å². The number of amides is 2. The zero-order valence-electron chi connectivity index (χ0n) is 11.4. The Morgan fingerprint density at radius 2 is 1.91 bits per heavy atom. The number of furan rings is 1. The van der Waals surface area contributed by atoms with Gasteiger partial charge in [0.25, 0.3) is 11.8 Å². The number of alkyl halides is 3. The zero-order chi connectivity index (χ0) is 16.6. The van der Waals surface area contributed by atoms with Crippen LogP contribution in [0.1, 0.15) is 11.3 Å². The Morgan fingerprint density at radius 3 is 2.57 bits per heavy atom. The monoisotopic (exact) mass is 322 g/mol. The van der Waals surface area contributed by atoms with Gasteiger partial charge in [-0.15, -0.1) is 0 Å². The number of nitrogens with zero attached hydrogens (tertiary/aromatic N) is 1. The molecule has 0 aliphatic carbocycles. The SMILES string of the molecule is O=C1NN(c2cccc(C(F)(F)F)c2)C(=O)/C1=C\c1ccco1. The number of hydrazine groups is 1. The molecule has 3 rings (SSSR count). The van der Waals surface area contributed by atoms with Gasteiger partial charge in [0.15, 0.2) is 0 Å². The fraction of sp³-hybridized carbons (Fsp3) is 0.0667. The molecule has 118 valence electrons. The summed E-state index contributed by atoms with van der Waals surface area (Å²) in [6.07, 6.45) is -1.95. The third-order valence-corrected chi connectivity index (χ3v) is 3.15. The average Bonchev–Trinajstić information content (AvgIpc) is 3.10. The molecule has 0 atom stereocenters. The van der Waals surface area contributed by atoms with E-state index in [1.54, 1.807) is 12.1 Å². The summed E-state index contributed by atoms with van der Waals surface area (Å²) in [5.74, 6) is -1.19. The quantitative estimate of drug-likeness (QED) is 0.683. The summed E-state index contributed by atoms with van der Waals surface area (Å²) >= 11 is 0. The number of hydrogen-bond donors (Lipinski definition) is 1. The van der Waals surface area contributed by atoms with Gasteiger partial charge >= 0.3 is 6.18 Å². The van der Waals surface area contributed by atoms with Crippen LogP contribution in [0.4, 0.5) is 18.9 Å². The fourth-order valence-corrected chi connectivity index (χ4v) is 2.08. The highest BCUT2D eigenvalue weighted by Gasteiger charge is 2.36. The predicted molar refractivity (Wildman–Crippen MR) is 73.8 cm³/mol. The molecular weight excluding hydrogens is 313 g/mol. The largest absolute Gasteiger partial charge is 0.465 e. The summed E-state index contributed by atoms with van der Waals surface area (Å²) in [4.78, 5) is 24.1. The van der Waals surface area contributed by atoms with E-state index in [1.165, 1.54) is 18.4 Å². The highest BCUT2D eigenvalue weighted by atomic mass is 19.4. The molecule has 1 aliphatic rings. The topological polar surface area (TPSA) is 62.6 Å². The molecule has 23 heavy (non-hydrogen) atoms. The summed E-state index contributed by atoms with van der Waals surface area (Å²) in [6.45, 7) is 0. The van der Waals surface area contributed by atoms with Crippen LogP contribution in [0.5, 0.6) is 0 Å². The molecule has 1 aliphatic heterocycles. The maximum absolute atomic E-state index is 12.7. The van der Waals surface area contributed by atoms with Crippen molar-refractivity contribution in [1.82, 2.24) is 5.43 Å². The smallest absolute Gasteiger partial charge is 0.416 e. The Hall–Kier alpha value is -3.03. The van der Waals surface area contributed by atoms with Crippen molar-refractivity contribution in [1.29, 1.82) is 0 Å². The second-order valence-electron chi connectivity index (χ2n) is 4.70. The van der Waals surface area contributed by atoms with Gasteiger partial charge in [0, 0.05) is 0 Å². The number of hydrogen-bond acceptors (Lipinski definition) is 3. The highest BCUT2D eigenvalue weighted by Crippen LogP contribution is 2.32. The third-order valence-electron chi connectivity index (χ3n) is 3.15. The molecule has 5 nitrogen and oxygen atoms in total. The molecule has 2 amide bonds. The third kappa shape index (κ3) is 2.83. The lowest BCUT2D eigenvalue weighted by Crippen LogP contribution is -2.35. The lowest BCUT2D eigenvalue weighted by atomic mass is 10.1. The van der Waals surface area contributed by atoms with Crippen LogP contribution in [0.15, 0.2) is 52.7 Å². The Morgan fingerprint density at radius 1 is 1.13 bits per heavy atom. The minimum atomic E-state index is -4.55. The van der Waals surface area contributed by atoms with Crippen molar-refractivity contribution in [3.63, 3.8) is 0 Å². The summed E-state index contributed by atoms with van der Waals surface area (Å²) in [6, 6.07) is 7.24. The number of carbonyl (C=O) groups is 2. The molecule has 1 aromatic carbocycles. The van der Waals surface area contributed by atoms with Gasteiger partial charge in [-0.3, -0.25) is 15.0 Å². The van der Waals surface area contributed by atoms with Crippen LogP contribution in [0.25, 0.3) is 6.08 Å². The van der Waals surface area contributed by atoms with Gasteiger partial charge in [-0.1, -0.05) is 6.07 Å². The molecule has 1 aromatic heterocycles. The van der Waals surface area contributed by atoms with Crippen LogP contribution in [0.3, 0.4) is 0 Å². The minimum absolute atomic E-state index is 0.0824. The zero-order valence-corrected chi connectivity index (χ0v) is 11.4. The Balaban J connectivity index is 1.94. The first-order valence-electron chi connectivity index (χ1n) is 6.44. The van der Waals surface area contributed by atoms with E-state index in [0.717, 1.165) is 23.2 Å². The van der Waals surface area contributed by atoms with Crippen molar-refractivity contribution >= 4 is 23.6 Å². The number of carbonyl (C=O) groups excluding carboxylic acids is 2. The molecular formula is C15H9F3N2O3. The molecule has 1 saturated heterocycles. The van der Waals surface area contributed by atoms with Crippen LogP contribution >= 0.6 is 0 Å². The normalized spacial score (nSPS) is 17.0. The lowest BCUT2D eigenvalue weighted by molar-refractivity contribution is -0.137. The van der Waals surface area contributed by atoms with E-state index in [0.29, 0.717) is 0 Å². The van der Waals surface area contributed by atoms with Gasteiger partial charge in [-0.2, -0.15) is 13.2 Å². The van der Waals surface area contributed by atoms with Gasteiger partial charge < -0.3 is 4.42 Å². The lowest BCUT2D eigenvalue weighted by Gasteiger charge is -2.16. The number of rotatable bonds is 2. The first-order valence-corrected chi connectivity index (χ1v) is 6.44. The van der Waals surface area contributed by atoms with E-state index in [9.17, 15) is 22.8 Å². The molecule has 2 heterocycles. The van der Waals surface area contributed by atoms with Gasteiger partial charge in [0.2, 0.25) is 0 Å². The van der Waals surface area contributed by atoms with Crippen molar-refractivity contribution in [2.75, 3.05) is 5.01 Å². The van der Waals surface area contributed by atoms with E-state index in [1.807, 2.05) is 0 Å². The molecule has 8 heteroatoms. The number of nitrogens with one attached hydrogen (secondary N) is 1. The van der Waals surface area contributed by atoms with Gasteiger partial charge in [0.05, 0.1) is 17.5 Å². The van der Waals surface area contributed by atoms with E-state index >= 15 is 0 Å². The molecule has 0 saturated carbocycles. The van der Waals surface area contributed by atoms with Crippen molar-refractivity contribution in [3.05, 3.63) is 59.6 Å². The summed E-state index contributed by atoms with van der Waals surface area (Å²) in [5.41, 5.74) is 1.01. The van der Waals surface area contributed by atoms with Crippen molar-refractivity contribution in [3.8, 4) is 0 Å². The second-order valence-corrected chi connectivity index (χ2v) is 4.70. The summed E-state index contributed by atoms with van der Waals surface area (Å²) in [7, 11) is 0. The Labute approximate surface area is 128 Å². The van der Waals surface area contributed by atoms with E-state index in [4.69, 9.17) is 4.42 Å². The van der Waals surface area contributed by atoms with Crippen LogP contribution < -0.4 is 10.4 Å². The molecule has 0 bridgehead atoms. The first-order chi connectivity index (χ1) is 10.9. The van der Waals surface area contributed by atoms with E-state index in [2.05, 4.69) is 5.43 Å². The molecule has 0 spiro atoms. The predicted octanol–water partition coefficient (Wildman–Crippen LogP) is 2.76. The van der Waals surface area contributed by atoms with Crippen molar-refractivity contribution in [2.24, 2.45) is 0 Å². The minimum Gasteiger partial charge on any atom is -0.465 e. The Kier molecular flexibility index (Phi) is 3.44. The summed E-state index contributed by atoms with van der Waals surface area (Å²) in [5, 5.41) is 0.770. The van der Waals surface area contributed by atoms with Crippen molar-refractivity contribution < 1.29 is 27.2 Å². The number of halogens is 3. The van der Waals surface area contributed by atoms with Crippen LogP contribution in [-0.2, 0) is 15.8 Å². The van der Waals surface area contributed by atoms with Gasteiger partial charge in [-0.25, -0.2) is 5.01 Å². The Bertz CT molecular complexity index is 795. The highest BCUT2D eigenvalue weighted by molar-refractivity contribution is 6.31. The van der Waals surface area contributed by atoms with Gasteiger partial charge in [0.1, 0.15) is 11.3 Å². The van der Waals surface area contributed by atoms with Crippen molar-refractivity contribution in [2.45, 2.75) is 6.18 Å². The standard InChI is InChI=1S/C15H9F3N2O3/c16-15(17,18)9-3-1-4-10(7-9)20-14(22)12(13(21)19-20)8-11-5-2-6-23-11/h1-8H,(H,19,21)/b12-8-. The number of benzene rings is 1. The number of anilines is 1. The van der Waals surface area contributed by atoms with E-state index in [-0.39, 0.29) is 17.0 Å². The molecule has 1 fully saturated rings.